The highest BCUT2D eigenvalue weighted by Crippen LogP contribution is 2.07. The SMILES string of the molecule is CC(O)CCCCS(=O)(=O)C(C)C. The van der Waals surface area contributed by atoms with Gasteiger partial charge in [0, 0.05) is 0 Å². The number of aliphatic hydroxyl groups excluding tert-OH is 1. The molecule has 0 bridgehead atoms. The summed E-state index contributed by atoms with van der Waals surface area (Å²) in [5.74, 6) is 0.247. The van der Waals surface area contributed by atoms with Gasteiger partial charge in [-0.2, -0.15) is 0 Å². The van der Waals surface area contributed by atoms with Gasteiger partial charge in [0.2, 0.25) is 0 Å². The molecule has 3 nitrogen and oxygen atoms in total. The van der Waals surface area contributed by atoms with Crippen molar-refractivity contribution in [2.45, 2.75) is 51.4 Å². The van der Waals surface area contributed by atoms with E-state index >= 15 is 0 Å². The van der Waals surface area contributed by atoms with E-state index in [1.807, 2.05) is 0 Å². The van der Waals surface area contributed by atoms with Crippen molar-refractivity contribution < 1.29 is 13.5 Å². The van der Waals surface area contributed by atoms with Crippen molar-refractivity contribution in [1.29, 1.82) is 0 Å². The molecule has 0 radical (unpaired) electrons. The van der Waals surface area contributed by atoms with Crippen LogP contribution in [0.5, 0.6) is 0 Å². The van der Waals surface area contributed by atoms with Crippen LogP contribution < -0.4 is 0 Å². The summed E-state index contributed by atoms with van der Waals surface area (Å²) < 4.78 is 22.6. The zero-order valence-corrected chi connectivity index (χ0v) is 9.47. The molecule has 0 spiro atoms. The van der Waals surface area contributed by atoms with Gasteiger partial charge in [-0.25, -0.2) is 8.42 Å². The van der Waals surface area contributed by atoms with E-state index in [4.69, 9.17) is 5.11 Å². The van der Waals surface area contributed by atoms with Crippen LogP contribution in [0, 0.1) is 0 Å². The van der Waals surface area contributed by atoms with Gasteiger partial charge in [-0.05, 0) is 40.0 Å². The van der Waals surface area contributed by atoms with Crippen LogP contribution in [0.4, 0.5) is 0 Å². The summed E-state index contributed by atoms with van der Waals surface area (Å²) in [6, 6.07) is 0. The highest BCUT2D eigenvalue weighted by atomic mass is 32.2. The minimum Gasteiger partial charge on any atom is -0.393 e. The molecule has 0 aromatic rings. The van der Waals surface area contributed by atoms with E-state index in [0.29, 0.717) is 12.8 Å². The van der Waals surface area contributed by atoms with Crippen LogP contribution in [0.2, 0.25) is 0 Å². The summed E-state index contributed by atoms with van der Waals surface area (Å²) in [5.41, 5.74) is 0. The largest absolute Gasteiger partial charge is 0.393 e. The van der Waals surface area contributed by atoms with Crippen LogP contribution in [-0.2, 0) is 9.84 Å². The van der Waals surface area contributed by atoms with Crippen molar-refractivity contribution in [1.82, 2.24) is 0 Å². The highest BCUT2D eigenvalue weighted by Gasteiger charge is 2.14. The van der Waals surface area contributed by atoms with Crippen LogP contribution in [-0.4, -0.2) is 30.6 Å². The summed E-state index contributed by atoms with van der Waals surface area (Å²) >= 11 is 0. The van der Waals surface area contributed by atoms with Gasteiger partial charge in [0.15, 0.2) is 9.84 Å². The Labute approximate surface area is 81.1 Å². The second-order valence-electron chi connectivity index (χ2n) is 3.76. The number of hydrogen-bond donors (Lipinski definition) is 1. The molecule has 4 heteroatoms. The lowest BCUT2D eigenvalue weighted by molar-refractivity contribution is 0.181. The lowest BCUT2D eigenvalue weighted by atomic mass is 10.2. The Bertz CT molecular complexity index is 217. The quantitative estimate of drug-likeness (QED) is 0.671. The molecule has 1 atom stereocenters. The summed E-state index contributed by atoms with van der Waals surface area (Å²) in [7, 11) is -2.88. The fourth-order valence-corrected chi connectivity index (χ4v) is 2.06. The molecule has 0 aliphatic rings. The molecule has 0 saturated carbocycles. The molecular weight excluding hydrogens is 188 g/mol. The van der Waals surface area contributed by atoms with E-state index in [-0.39, 0.29) is 17.1 Å². The van der Waals surface area contributed by atoms with Crippen molar-refractivity contribution in [2.75, 3.05) is 5.75 Å². The molecule has 0 fully saturated rings. The molecule has 0 aliphatic heterocycles. The molecule has 0 rings (SSSR count). The van der Waals surface area contributed by atoms with Crippen molar-refractivity contribution in [3.05, 3.63) is 0 Å². The van der Waals surface area contributed by atoms with Gasteiger partial charge in [-0.3, -0.25) is 0 Å². The van der Waals surface area contributed by atoms with Crippen molar-refractivity contribution >= 4 is 9.84 Å². The third-order valence-corrected chi connectivity index (χ3v) is 4.31. The molecule has 0 aliphatic carbocycles. The molecule has 0 aromatic heterocycles. The summed E-state index contributed by atoms with van der Waals surface area (Å²) in [6.07, 6.45) is 1.81. The molecule has 0 amide bonds. The summed E-state index contributed by atoms with van der Waals surface area (Å²) in [4.78, 5) is 0. The minimum absolute atomic E-state index is 0.247. The predicted octanol–water partition coefficient (Wildman–Crippen LogP) is 1.36. The Kier molecular flexibility index (Phi) is 5.56. The number of aliphatic hydroxyl groups is 1. The molecule has 13 heavy (non-hydrogen) atoms. The first kappa shape index (κ1) is 12.9. The zero-order chi connectivity index (χ0) is 10.5. The fourth-order valence-electron chi connectivity index (χ4n) is 0.979. The topological polar surface area (TPSA) is 54.4 Å². The maximum absolute atomic E-state index is 11.3. The second kappa shape index (κ2) is 5.60. The first-order chi connectivity index (χ1) is 5.86. The molecule has 0 aromatic carbocycles. The Hall–Kier alpha value is -0.0900. The molecule has 80 valence electrons. The lowest BCUT2D eigenvalue weighted by Crippen LogP contribution is -2.17. The predicted molar refractivity (Wildman–Crippen MR) is 54.5 cm³/mol. The van der Waals surface area contributed by atoms with E-state index in [0.717, 1.165) is 6.42 Å². The smallest absolute Gasteiger partial charge is 0.152 e. The molecular formula is C9H20O3S. The van der Waals surface area contributed by atoms with E-state index in [1.165, 1.54) is 0 Å². The van der Waals surface area contributed by atoms with Crippen LogP contribution in [0.15, 0.2) is 0 Å². The maximum atomic E-state index is 11.3. The number of rotatable bonds is 6. The van der Waals surface area contributed by atoms with Crippen molar-refractivity contribution in [2.24, 2.45) is 0 Å². The van der Waals surface area contributed by atoms with Crippen molar-refractivity contribution in [3.63, 3.8) is 0 Å². The van der Waals surface area contributed by atoms with Crippen LogP contribution in [0.1, 0.15) is 40.0 Å². The van der Waals surface area contributed by atoms with Gasteiger partial charge < -0.3 is 5.11 Å². The van der Waals surface area contributed by atoms with Gasteiger partial charge in [-0.15, -0.1) is 0 Å². The van der Waals surface area contributed by atoms with Crippen molar-refractivity contribution in [3.8, 4) is 0 Å². The third-order valence-electron chi connectivity index (χ3n) is 2.02. The van der Waals surface area contributed by atoms with Gasteiger partial charge in [0.25, 0.3) is 0 Å². The molecule has 1 N–H and O–H groups in total. The Morgan fingerprint density at radius 3 is 2.08 bits per heavy atom. The average molecular weight is 208 g/mol. The lowest BCUT2D eigenvalue weighted by Gasteiger charge is -2.07. The second-order valence-corrected chi connectivity index (χ2v) is 6.44. The fraction of sp³-hybridized carbons (Fsp3) is 1.00. The minimum atomic E-state index is -2.88. The molecule has 1 unspecified atom stereocenters. The van der Waals surface area contributed by atoms with E-state index < -0.39 is 9.84 Å². The van der Waals surface area contributed by atoms with E-state index in [1.54, 1.807) is 20.8 Å². The standard InChI is InChI=1S/C9H20O3S/c1-8(2)13(11,12)7-5-4-6-9(3)10/h8-10H,4-7H2,1-3H3. The number of hydrogen-bond acceptors (Lipinski definition) is 3. The van der Waals surface area contributed by atoms with Gasteiger partial charge in [-0.1, -0.05) is 0 Å². The first-order valence-electron chi connectivity index (χ1n) is 4.76. The number of unbranched alkanes of at least 4 members (excludes halogenated alkanes) is 1. The Morgan fingerprint density at radius 1 is 1.15 bits per heavy atom. The monoisotopic (exact) mass is 208 g/mol. The Balaban J connectivity index is 3.66. The first-order valence-corrected chi connectivity index (χ1v) is 6.47. The summed E-state index contributed by atoms with van der Waals surface area (Å²) in [6.45, 7) is 5.12. The van der Waals surface area contributed by atoms with E-state index in [2.05, 4.69) is 0 Å². The number of sulfone groups is 1. The third kappa shape index (κ3) is 6.05. The molecule has 0 heterocycles. The van der Waals surface area contributed by atoms with E-state index in [9.17, 15) is 8.42 Å². The zero-order valence-electron chi connectivity index (χ0n) is 8.66. The van der Waals surface area contributed by atoms with Gasteiger partial charge >= 0.3 is 0 Å². The van der Waals surface area contributed by atoms with Gasteiger partial charge in [0.05, 0.1) is 17.1 Å². The van der Waals surface area contributed by atoms with Gasteiger partial charge in [0.1, 0.15) is 0 Å². The normalized spacial score (nSPS) is 14.8. The van der Waals surface area contributed by atoms with Crippen LogP contribution in [0.3, 0.4) is 0 Å². The van der Waals surface area contributed by atoms with Crippen LogP contribution in [0.25, 0.3) is 0 Å². The molecule has 0 saturated heterocycles. The summed E-state index contributed by atoms with van der Waals surface area (Å²) in [5, 5.41) is 8.66. The highest BCUT2D eigenvalue weighted by molar-refractivity contribution is 7.91. The Morgan fingerprint density at radius 2 is 1.69 bits per heavy atom. The van der Waals surface area contributed by atoms with Crippen LogP contribution >= 0.6 is 0 Å². The maximum Gasteiger partial charge on any atom is 0.152 e. The average Bonchev–Trinajstić information content (AvgIpc) is 1.97.